The van der Waals surface area contributed by atoms with Crippen LogP contribution in [0.15, 0.2) is 10.3 Å². The van der Waals surface area contributed by atoms with Crippen LogP contribution in [0.1, 0.15) is 6.92 Å². The average molecular weight is 190 g/mol. The summed E-state index contributed by atoms with van der Waals surface area (Å²) in [6.07, 6.45) is 0. The van der Waals surface area contributed by atoms with Gasteiger partial charge in [-0.1, -0.05) is 0 Å². The first-order chi connectivity index (χ1) is 5.34. The van der Waals surface area contributed by atoms with Crippen LogP contribution in [0.4, 0.5) is 0 Å². The van der Waals surface area contributed by atoms with E-state index in [2.05, 4.69) is 0 Å². The molecule has 0 saturated carbocycles. The summed E-state index contributed by atoms with van der Waals surface area (Å²) >= 11 is 3.25. The lowest BCUT2D eigenvalue weighted by Gasteiger charge is -2.09. The van der Waals surface area contributed by atoms with Gasteiger partial charge in [0.2, 0.25) is 0 Å². The van der Waals surface area contributed by atoms with Gasteiger partial charge in [-0.3, -0.25) is 0 Å². The molecule has 0 aromatic carbocycles. The van der Waals surface area contributed by atoms with E-state index in [9.17, 15) is 4.79 Å². The van der Waals surface area contributed by atoms with Gasteiger partial charge in [0, 0.05) is 11.5 Å². The maximum atomic E-state index is 11.1. The third kappa shape index (κ3) is 2.79. The minimum Gasteiger partial charge on any atom is -0.462 e. The zero-order valence-electron chi connectivity index (χ0n) is 6.33. The van der Waals surface area contributed by atoms with Crippen molar-refractivity contribution in [2.75, 3.05) is 18.1 Å². The molecular formula is C7H10O2S2. The molecule has 2 nitrogen and oxygen atoms in total. The highest BCUT2D eigenvalue weighted by atomic mass is 32.2. The Labute approximate surface area is 74.8 Å². The van der Waals surface area contributed by atoms with Gasteiger partial charge in [-0.25, -0.2) is 4.79 Å². The molecule has 0 amide bonds. The van der Waals surface area contributed by atoms with Crippen LogP contribution in [0.3, 0.4) is 0 Å². The smallest absolute Gasteiger partial charge is 0.345 e. The summed E-state index contributed by atoms with van der Waals surface area (Å²) in [5.41, 5.74) is 0. The minimum atomic E-state index is -0.176. The van der Waals surface area contributed by atoms with E-state index in [0.717, 1.165) is 16.4 Å². The van der Waals surface area contributed by atoms with Gasteiger partial charge in [0.15, 0.2) is 0 Å². The number of hydrogen-bond acceptors (Lipinski definition) is 4. The quantitative estimate of drug-likeness (QED) is 0.621. The summed E-state index contributed by atoms with van der Waals surface area (Å²) in [5, 5.41) is 1.88. The van der Waals surface area contributed by atoms with Gasteiger partial charge in [-0.2, -0.15) is 0 Å². The number of esters is 1. The molecule has 0 radical (unpaired) electrons. The zero-order valence-corrected chi connectivity index (χ0v) is 7.96. The lowest BCUT2D eigenvalue weighted by Crippen LogP contribution is -2.07. The third-order valence-electron chi connectivity index (χ3n) is 1.13. The molecule has 1 heterocycles. The van der Waals surface area contributed by atoms with Crippen LogP contribution in [-0.4, -0.2) is 24.1 Å². The van der Waals surface area contributed by atoms with Crippen LogP contribution in [0.25, 0.3) is 0 Å². The Kier molecular flexibility index (Phi) is 3.86. The van der Waals surface area contributed by atoms with Crippen LogP contribution in [0.2, 0.25) is 0 Å². The second kappa shape index (κ2) is 4.72. The Bertz CT molecular complexity index is 177. The monoisotopic (exact) mass is 190 g/mol. The van der Waals surface area contributed by atoms with Crippen molar-refractivity contribution < 1.29 is 9.53 Å². The van der Waals surface area contributed by atoms with Gasteiger partial charge < -0.3 is 4.74 Å². The lowest BCUT2D eigenvalue weighted by molar-refractivity contribution is -0.137. The number of ether oxygens (including phenoxy) is 1. The topological polar surface area (TPSA) is 26.3 Å². The van der Waals surface area contributed by atoms with Crippen LogP contribution >= 0.6 is 23.5 Å². The molecule has 4 heteroatoms. The molecule has 0 aliphatic carbocycles. The summed E-state index contributed by atoms with van der Waals surface area (Å²) in [6.45, 7) is 2.28. The van der Waals surface area contributed by atoms with Crippen molar-refractivity contribution in [3.63, 3.8) is 0 Å². The Balaban J connectivity index is 2.44. The fraction of sp³-hybridized carbons (Fsp3) is 0.571. The van der Waals surface area contributed by atoms with Gasteiger partial charge in [0.05, 0.1) is 11.5 Å². The van der Waals surface area contributed by atoms with Crippen molar-refractivity contribution in [1.82, 2.24) is 0 Å². The number of rotatable bonds is 2. The fourth-order valence-corrected chi connectivity index (χ4v) is 2.63. The predicted octanol–water partition coefficient (Wildman–Crippen LogP) is 1.87. The zero-order chi connectivity index (χ0) is 8.10. The molecule has 0 unspecified atom stereocenters. The van der Waals surface area contributed by atoms with Crippen LogP contribution < -0.4 is 0 Å². The number of carbonyl (C=O) groups excluding carboxylic acids is 1. The fourth-order valence-electron chi connectivity index (χ4n) is 0.678. The SMILES string of the molecule is CCOC(=O)C1=CSCCS1. The maximum absolute atomic E-state index is 11.1. The molecule has 0 saturated heterocycles. The highest BCUT2D eigenvalue weighted by Crippen LogP contribution is 2.27. The molecule has 0 atom stereocenters. The first kappa shape index (κ1) is 9.00. The molecule has 0 aromatic heterocycles. The van der Waals surface area contributed by atoms with Gasteiger partial charge in [-0.05, 0) is 12.3 Å². The standard InChI is InChI=1S/C7H10O2S2/c1-2-9-7(8)6-5-10-3-4-11-6/h5H,2-4H2,1H3. The Morgan fingerprint density at radius 1 is 1.73 bits per heavy atom. The average Bonchev–Trinajstić information content (AvgIpc) is 2.07. The highest BCUT2D eigenvalue weighted by molar-refractivity contribution is 8.10. The van der Waals surface area contributed by atoms with Crippen LogP contribution in [-0.2, 0) is 9.53 Å². The summed E-state index contributed by atoms with van der Waals surface area (Å²) < 4.78 is 4.84. The van der Waals surface area contributed by atoms with E-state index in [1.165, 1.54) is 0 Å². The first-order valence-corrected chi connectivity index (χ1v) is 5.49. The first-order valence-electron chi connectivity index (χ1n) is 3.46. The summed E-state index contributed by atoms with van der Waals surface area (Å²) in [4.78, 5) is 11.8. The molecular weight excluding hydrogens is 180 g/mol. The largest absolute Gasteiger partial charge is 0.462 e. The molecule has 0 aromatic rings. The molecule has 1 rings (SSSR count). The normalized spacial score (nSPS) is 17.4. The predicted molar refractivity (Wildman–Crippen MR) is 49.6 cm³/mol. The van der Waals surface area contributed by atoms with E-state index >= 15 is 0 Å². The van der Waals surface area contributed by atoms with Gasteiger partial charge in [0.1, 0.15) is 0 Å². The van der Waals surface area contributed by atoms with Gasteiger partial charge in [-0.15, -0.1) is 23.5 Å². The van der Waals surface area contributed by atoms with Crippen LogP contribution in [0, 0.1) is 0 Å². The van der Waals surface area contributed by atoms with E-state index < -0.39 is 0 Å². The van der Waals surface area contributed by atoms with Gasteiger partial charge in [0.25, 0.3) is 0 Å². The summed E-state index contributed by atoms with van der Waals surface area (Å²) in [7, 11) is 0. The third-order valence-corrected chi connectivity index (χ3v) is 3.38. The molecule has 11 heavy (non-hydrogen) atoms. The van der Waals surface area contributed by atoms with Crippen molar-refractivity contribution in [2.45, 2.75) is 6.92 Å². The molecule has 0 N–H and O–H groups in total. The Hall–Kier alpha value is -0.0900. The molecule has 0 fully saturated rings. The summed E-state index contributed by atoms with van der Waals surface area (Å²) in [6, 6.07) is 0. The minimum absolute atomic E-state index is 0.176. The maximum Gasteiger partial charge on any atom is 0.345 e. The second-order valence-corrected chi connectivity index (χ2v) is 4.04. The van der Waals surface area contributed by atoms with E-state index in [4.69, 9.17) is 4.74 Å². The Morgan fingerprint density at radius 2 is 2.55 bits per heavy atom. The number of carbonyl (C=O) groups is 1. The molecule has 1 aliphatic rings. The van der Waals surface area contributed by atoms with Crippen molar-refractivity contribution in [1.29, 1.82) is 0 Å². The van der Waals surface area contributed by atoms with E-state index in [1.807, 2.05) is 12.3 Å². The van der Waals surface area contributed by atoms with Crippen molar-refractivity contribution in [2.24, 2.45) is 0 Å². The second-order valence-electron chi connectivity index (χ2n) is 1.92. The number of hydrogen-bond donors (Lipinski definition) is 0. The molecule has 62 valence electrons. The molecule has 0 spiro atoms. The van der Waals surface area contributed by atoms with E-state index in [-0.39, 0.29) is 5.97 Å². The van der Waals surface area contributed by atoms with E-state index in [1.54, 1.807) is 23.5 Å². The molecule has 1 aliphatic heterocycles. The van der Waals surface area contributed by atoms with Crippen molar-refractivity contribution in [3.05, 3.63) is 10.3 Å². The van der Waals surface area contributed by atoms with E-state index in [0.29, 0.717) is 6.61 Å². The highest BCUT2D eigenvalue weighted by Gasteiger charge is 2.13. The van der Waals surface area contributed by atoms with Crippen molar-refractivity contribution >= 4 is 29.5 Å². The Morgan fingerprint density at radius 3 is 3.09 bits per heavy atom. The van der Waals surface area contributed by atoms with Gasteiger partial charge >= 0.3 is 5.97 Å². The number of thioether (sulfide) groups is 2. The summed E-state index contributed by atoms with van der Waals surface area (Å²) in [5.74, 6) is 1.92. The van der Waals surface area contributed by atoms with Crippen molar-refractivity contribution in [3.8, 4) is 0 Å². The lowest BCUT2D eigenvalue weighted by atomic mass is 10.6. The molecule has 0 bridgehead atoms. The van der Waals surface area contributed by atoms with Crippen LogP contribution in [0.5, 0.6) is 0 Å².